The standard InChI is InChI=1S/C9H11BrN2O4/c1-5-7(12(15)16)3-2-6(11-5)9(14)8(13)4-10/h2-3,8-9,13-14H,4H2,1H3. The molecule has 1 aromatic heterocycles. The number of rotatable bonds is 4. The van der Waals surface area contributed by atoms with Gasteiger partial charge < -0.3 is 10.2 Å². The molecule has 2 unspecified atom stereocenters. The number of halogens is 1. The maximum absolute atomic E-state index is 10.5. The Balaban J connectivity index is 3.01. The van der Waals surface area contributed by atoms with E-state index in [9.17, 15) is 20.3 Å². The van der Waals surface area contributed by atoms with Gasteiger partial charge in [-0.2, -0.15) is 0 Å². The van der Waals surface area contributed by atoms with Gasteiger partial charge in [-0.25, -0.2) is 4.98 Å². The summed E-state index contributed by atoms with van der Waals surface area (Å²) in [4.78, 5) is 13.9. The van der Waals surface area contributed by atoms with Gasteiger partial charge in [0.05, 0.1) is 16.7 Å². The van der Waals surface area contributed by atoms with Gasteiger partial charge in [0, 0.05) is 11.4 Å². The third kappa shape index (κ3) is 2.75. The Labute approximate surface area is 100 Å². The number of aliphatic hydroxyl groups excluding tert-OH is 2. The van der Waals surface area contributed by atoms with Crippen molar-refractivity contribution in [1.29, 1.82) is 0 Å². The third-order valence-corrected chi connectivity index (χ3v) is 2.77. The van der Waals surface area contributed by atoms with Crippen LogP contribution in [0.25, 0.3) is 0 Å². The highest BCUT2D eigenvalue weighted by Crippen LogP contribution is 2.21. The first kappa shape index (κ1) is 13.0. The van der Waals surface area contributed by atoms with E-state index in [1.807, 2.05) is 0 Å². The highest BCUT2D eigenvalue weighted by Gasteiger charge is 2.21. The molecule has 0 aliphatic rings. The predicted octanol–water partition coefficient (Wildman–Crippen LogP) is 1.09. The summed E-state index contributed by atoms with van der Waals surface area (Å²) in [6.07, 6.45) is -2.15. The fourth-order valence-electron chi connectivity index (χ4n) is 1.21. The van der Waals surface area contributed by atoms with Crippen LogP contribution in [0, 0.1) is 17.0 Å². The number of aryl methyl sites for hydroxylation is 1. The third-order valence-electron chi connectivity index (χ3n) is 2.10. The fourth-order valence-corrected chi connectivity index (χ4v) is 1.57. The van der Waals surface area contributed by atoms with Crippen LogP contribution in [-0.2, 0) is 0 Å². The van der Waals surface area contributed by atoms with E-state index < -0.39 is 17.1 Å². The number of nitro groups is 1. The van der Waals surface area contributed by atoms with Gasteiger partial charge in [0.1, 0.15) is 11.8 Å². The number of aliphatic hydroxyl groups is 2. The summed E-state index contributed by atoms with van der Waals surface area (Å²) in [5.74, 6) is 0. The van der Waals surface area contributed by atoms with E-state index in [0.29, 0.717) is 0 Å². The molecule has 2 atom stereocenters. The normalized spacial score (nSPS) is 14.5. The SMILES string of the molecule is Cc1nc(C(O)C(O)CBr)ccc1[N+](=O)[O-]. The molecular weight excluding hydrogens is 280 g/mol. The molecule has 1 rings (SSSR count). The molecule has 88 valence electrons. The van der Waals surface area contributed by atoms with Gasteiger partial charge in [-0.3, -0.25) is 10.1 Å². The molecule has 0 amide bonds. The summed E-state index contributed by atoms with van der Waals surface area (Å²) < 4.78 is 0. The van der Waals surface area contributed by atoms with Crippen LogP contribution in [0.3, 0.4) is 0 Å². The van der Waals surface area contributed by atoms with E-state index in [-0.39, 0.29) is 22.4 Å². The second-order valence-electron chi connectivity index (χ2n) is 3.26. The van der Waals surface area contributed by atoms with Gasteiger partial charge in [-0.15, -0.1) is 0 Å². The van der Waals surface area contributed by atoms with Crippen molar-refractivity contribution in [2.45, 2.75) is 19.1 Å². The highest BCUT2D eigenvalue weighted by atomic mass is 79.9. The van der Waals surface area contributed by atoms with Crippen LogP contribution in [0.5, 0.6) is 0 Å². The molecule has 0 spiro atoms. The van der Waals surface area contributed by atoms with Crippen LogP contribution in [0.1, 0.15) is 17.5 Å². The van der Waals surface area contributed by atoms with E-state index >= 15 is 0 Å². The van der Waals surface area contributed by atoms with Crippen molar-refractivity contribution in [3.63, 3.8) is 0 Å². The second-order valence-corrected chi connectivity index (χ2v) is 3.91. The second kappa shape index (κ2) is 5.33. The molecule has 0 radical (unpaired) electrons. The molecule has 1 heterocycles. The quantitative estimate of drug-likeness (QED) is 0.491. The average molecular weight is 291 g/mol. The minimum atomic E-state index is -1.15. The van der Waals surface area contributed by atoms with Crippen LogP contribution >= 0.6 is 15.9 Å². The number of hydrogen-bond acceptors (Lipinski definition) is 5. The molecule has 0 aliphatic heterocycles. The molecule has 16 heavy (non-hydrogen) atoms. The smallest absolute Gasteiger partial charge is 0.290 e. The van der Waals surface area contributed by atoms with Gasteiger partial charge in [0.15, 0.2) is 0 Å². The molecule has 0 bridgehead atoms. The van der Waals surface area contributed by atoms with E-state index in [4.69, 9.17) is 0 Å². The number of pyridine rings is 1. The summed E-state index contributed by atoms with van der Waals surface area (Å²) in [7, 11) is 0. The lowest BCUT2D eigenvalue weighted by Crippen LogP contribution is -2.20. The number of hydrogen-bond donors (Lipinski definition) is 2. The predicted molar refractivity (Wildman–Crippen MR) is 60.4 cm³/mol. The molecule has 0 aliphatic carbocycles. The molecule has 2 N–H and O–H groups in total. The zero-order chi connectivity index (χ0) is 12.3. The Morgan fingerprint density at radius 2 is 2.19 bits per heavy atom. The molecule has 0 saturated carbocycles. The minimum Gasteiger partial charge on any atom is -0.389 e. The highest BCUT2D eigenvalue weighted by molar-refractivity contribution is 9.09. The van der Waals surface area contributed by atoms with Crippen LogP contribution in [0.4, 0.5) is 5.69 Å². The molecule has 6 nitrogen and oxygen atoms in total. The largest absolute Gasteiger partial charge is 0.389 e. The topological polar surface area (TPSA) is 96.5 Å². The monoisotopic (exact) mass is 290 g/mol. The fraction of sp³-hybridized carbons (Fsp3) is 0.444. The first-order valence-corrected chi connectivity index (χ1v) is 5.63. The Hall–Kier alpha value is -1.05. The molecular formula is C9H11BrN2O4. The molecule has 0 aromatic carbocycles. The number of nitrogens with zero attached hydrogens (tertiary/aromatic N) is 2. The van der Waals surface area contributed by atoms with E-state index in [0.717, 1.165) is 0 Å². The average Bonchev–Trinajstić information content (AvgIpc) is 2.26. The van der Waals surface area contributed by atoms with Crippen LogP contribution in [-0.4, -0.2) is 31.6 Å². The summed E-state index contributed by atoms with van der Waals surface area (Å²) in [6, 6.07) is 2.60. The maximum atomic E-state index is 10.5. The van der Waals surface area contributed by atoms with Crippen molar-refractivity contribution in [3.8, 4) is 0 Å². The maximum Gasteiger partial charge on any atom is 0.290 e. The van der Waals surface area contributed by atoms with Crippen molar-refractivity contribution in [2.24, 2.45) is 0 Å². The van der Waals surface area contributed by atoms with Gasteiger partial charge in [-0.1, -0.05) is 15.9 Å². The van der Waals surface area contributed by atoms with Gasteiger partial charge in [-0.05, 0) is 13.0 Å². The zero-order valence-electron chi connectivity index (χ0n) is 8.50. The van der Waals surface area contributed by atoms with Gasteiger partial charge >= 0.3 is 0 Å². The van der Waals surface area contributed by atoms with Crippen molar-refractivity contribution in [2.75, 3.05) is 5.33 Å². The Morgan fingerprint density at radius 3 is 2.62 bits per heavy atom. The molecule has 0 saturated heterocycles. The summed E-state index contributed by atoms with van der Waals surface area (Å²) in [5, 5.41) is 29.7. The molecule has 1 aromatic rings. The minimum absolute atomic E-state index is 0.107. The summed E-state index contributed by atoms with van der Waals surface area (Å²) >= 11 is 3.02. The van der Waals surface area contributed by atoms with Crippen LogP contribution in [0.15, 0.2) is 12.1 Å². The molecule has 0 fully saturated rings. The lowest BCUT2D eigenvalue weighted by Gasteiger charge is -2.15. The van der Waals surface area contributed by atoms with Gasteiger partial charge in [0.2, 0.25) is 0 Å². The summed E-state index contributed by atoms with van der Waals surface area (Å²) in [6.45, 7) is 1.48. The van der Waals surface area contributed by atoms with Crippen LogP contribution in [0.2, 0.25) is 0 Å². The first-order chi connectivity index (χ1) is 7.47. The lowest BCUT2D eigenvalue weighted by atomic mass is 10.1. The zero-order valence-corrected chi connectivity index (χ0v) is 10.1. The van der Waals surface area contributed by atoms with E-state index in [1.54, 1.807) is 0 Å². The van der Waals surface area contributed by atoms with Crippen molar-refractivity contribution >= 4 is 21.6 Å². The Morgan fingerprint density at radius 1 is 1.56 bits per heavy atom. The van der Waals surface area contributed by atoms with E-state index in [2.05, 4.69) is 20.9 Å². The van der Waals surface area contributed by atoms with Gasteiger partial charge in [0.25, 0.3) is 5.69 Å². The molecule has 7 heteroatoms. The number of alkyl halides is 1. The van der Waals surface area contributed by atoms with Crippen molar-refractivity contribution in [3.05, 3.63) is 33.6 Å². The van der Waals surface area contributed by atoms with E-state index in [1.165, 1.54) is 19.1 Å². The summed E-state index contributed by atoms with van der Waals surface area (Å²) in [5.41, 5.74) is 0.322. The first-order valence-electron chi connectivity index (χ1n) is 4.51. The Bertz CT molecular complexity index is 399. The van der Waals surface area contributed by atoms with Crippen molar-refractivity contribution in [1.82, 2.24) is 4.98 Å². The van der Waals surface area contributed by atoms with Crippen LogP contribution < -0.4 is 0 Å². The van der Waals surface area contributed by atoms with Crippen molar-refractivity contribution < 1.29 is 15.1 Å². The lowest BCUT2D eigenvalue weighted by molar-refractivity contribution is -0.385. The Kier molecular flexibility index (Phi) is 4.34. The number of aromatic nitrogens is 1.